The maximum absolute atomic E-state index is 3.15. The molecule has 0 fully saturated rings. The molecule has 0 saturated heterocycles. The summed E-state index contributed by atoms with van der Waals surface area (Å²) in [6.07, 6.45) is 35.1. The van der Waals surface area contributed by atoms with Gasteiger partial charge in [0.15, 0.2) is 0 Å². The zero-order valence-corrected chi connectivity index (χ0v) is 76.5. The van der Waals surface area contributed by atoms with E-state index >= 15 is 0 Å². The Hall–Kier alpha value is -8.54. The first-order valence-corrected chi connectivity index (χ1v) is 46.8. The van der Waals surface area contributed by atoms with Gasteiger partial charge in [0.25, 0.3) is 6.71 Å². The number of fused-ring (bicyclic) bond motifs is 12. The Morgan fingerprint density at radius 2 is 0.882 bits per heavy atom. The monoisotopic (exact) mass is 1570 g/mol. The fourth-order valence-electron chi connectivity index (χ4n) is 25.3. The molecule has 0 spiro atoms. The predicted molar refractivity (Wildman–Crippen MR) is 513 cm³/mol. The van der Waals surface area contributed by atoms with Crippen molar-refractivity contribution in [1.29, 1.82) is 0 Å². The lowest BCUT2D eigenvalue weighted by molar-refractivity contribution is 0.215. The molecular weight excluding hydrogens is 1440 g/mol. The van der Waals surface area contributed by atoms with Crippen LogP contribution in [0.15, 0.2) is 209 Å². The molecule has 8 aromatic carbocycles. The lowest BCUT2D eigenvalue weighted by atomic mass is 9.33. The number of hydrogen-bond donors (Lipinski definition) is 0. The van der Waals surface area contributed by atoms with Gasteiger partial charge in [-0.05, 0) is 315 Å². The number of aromatic nitrogens is 2. The van der Waals surface area contributed by atoms with Crippen molar-refractivity contribution in [3.05, 3.63) is 243 Å². The van der Waals surface area contributed by atoms with Crippen LogP contribution in [0.25, 0.3) is 66.1 Å². The van der Waals surface area contributed by atoms with Crippen molar-refractivity contribution in [1.82, 2.24) is 9.13 Å². The molecule has 119 heavy (non-hydrogen) atoms. The Bertz CT molecular complexity index is 6010. The molecule has 5 heteroatoms. The molecule has 4 nitrogen and oxygen atoms in total. The molecular formula is C114H135BN4. The van der Waals surface area contributed by atoms with Crippen LogP contribution < -0.4 is 26.2 Å². The summed E-state index contributed by atoms with van der Waals surface area (Å²) < 4.78 is 5.51. The summed E-state index contributed by atoms with van der Waals surface area (Å²) in [4.78, 5) is 6.29. The van der Waals surface area contributed by atoms with Crippen LogP contribution in [0.5, 0.6) is 0 Å². The molecule has 0 amide bonds. The van der Waals surface area contributed by atoms with E-state index in [1.165, 1.54) is 158 Å². The van der Waals surface area contributed by atoms with Gasteiger partial charge in [0.2, 0.25) is 0 Å². The van der Waals surface area contributed by atoms with Gasteiger partial charge in [-0.2, -0.15) is 0 Å². The molecule has 22 rings (SSSR count). The highest BCUT2D eigenvalue weighted by molar-refractivity contribution is 7.00. The standard InChI is InChI=1S/C114H135BN4/c1-107(2,3)73-41-33-68(34-42-73)84-28-25-30-86-70-37-45-75(46-38-70)113(19,20)92-32-24-23-27-83(92)72-59-101-103-102(60-72)119-100-67-82(53-55-95(100)115(103)94-54-52-81(66-99(94)118(101)104(84)86)116-96-56-49-77(109(7,8)9)61-88(96)89-62-78(110(10,11)12)50-57-97(89)116)117-98-58-51-79(111(13,14)15)63-90(98)91-64-80(112(16,17)18)65-93(106(91)117)114(21,22)76-47-39-71(40-48-76)87-31-26-29-85(105(87)119)69-35-43-74(44-36-69)108(4,5)6/h23-24,27,29-30,32-33,39,43,45,49-67,69-70,73,76,84,87,104-105H,25-26,28,31,34-38,40-42,44,46-48H2,1-22H3. The summed E-state index contributed by atoms with van der Waals surface area (Å²) in [5.41, 5.74) is 38.8. The van der Waals surface area contributed by atoms with Crippen LogP contribution in [0.4, 0.5) is 22.7 Å². The second-order valence-corrected chi connectivity index (χ2v) is 46.4. The summed E-state index contributed by atoms with van der Waals surface area (Å²) >= 11 is 0. The molecule has 2 aromatic heterocycles. The molecule has 0 radical (unpaired) electrons. The third-order valence-electron chi connectivity index (χ3n) is 32.7. The minimum atomic E-state index is -0.214. The summed E-state index contributed by atoms with van der Waals surface area (Å²) in [6.45, 7) is 54.2. The fourth-order valence-corrected chi connectivity index (χ4v) is 25.3. The third kappa shape index (κ3) is 12.7. The number of benzene rings is 8. The van der Waals surface area contributed by atoms with Crippen LogP contribution in [0.3, 0.4) is 0 Å². The molecule has 6 aliphatic heterocycles. The molecule has 8 atom stereocenters. The maximum Gasteiger partial charge on any atom is 0.252 e. The minimum Gasteiger partial charge on any atom is -0.334 e. The topological polar surface area (TPSA) is 16.3 Å². The summed E-state index contributed by atoms with van der Waals surface area (Å²) in [5, 5.41) is 5.43. The van der Waals surface area contributed by atoms with Gasteiger partial charge in [0, 0.05) is 72.9 Å². The van der Waals surface area contributed by atoms with Crippen molar-refractivity contribution >= 4 is 89.5 Å². The quantitative estimate of drug-likeness (QED) is 0.129. The Morgan fingerprint density at radius 3 is 1.36 bits per heavy atom. The van der Waals surface area contributed by atoms with Crippen molar-refractivity contribution in [2.45, 2.75) is 300 Å². The Morgan fingerprint density at radius 1 is 0.387 bits per heavy atom. The largest absolute Gasteiger partial charge is 0.334 e. The van der Waals surface area contributed by atoms with Gasteiger partial charge in [-0.3, -0.25) is 0 Å². The van der Waals surface area contributed by atoms with Gasteiger partial charge in [-0.25, -0.2) is 0 Å². The average molecular weight is 1570 g/mol. The number of allylic oxidation sites excluding steroid dienone is 8. The highest BCUT2D eigenvalue weighted by Gasteiger charge is 2.53. The zero-order valence-electron chi connectivity index (χ0n) is 76.5. The van der Waals surface area contributed by atoms with Crippen molar-refractivity contribution in [3.63, 3.8) is 0 Å². The van der Waals surface area contributed by atoms with Crippen LogP contribution in [-0.2, 0) is 32.5 Å². The highest BCUT2D eigenvalue weighted by atomic mass is 15.2. The van der Waals surface area contributed by atoms with Crippen molar-refractivity contribution in [3.8, 4) is 22.5 Å². The maximum atomic E-state index is 3.15. The fraction of sp³-hybridized carbons (Fsp3) is 0.474. The van der Waals surface area contributed by atoms with E-state index in [4.69, 9.17) is 0 Å². The van der Waals surface area contributed by atoms with Crippen LogP contribution in [0, 0.1) is 46.3 Å². The molecule has 0 N–H and O–H groups in total. The number of nitrogens with zero attached hydrogens (tertiary/aromatic N) is 4. The number of hydrogen-bond acceptors (Lipinski definition) is 2. The normalized spacial score (nSPS) is 24.2. The molecule has 10 aromatic rings. The lowest BCUT2D eigenvalue weighted by Crippen LogP contribution is -2.65. The second kappa shape index (κ2) is 27.5. The number of anilines is 4. The van der Waals surface area contributed by atoms with Crippen LogP contribution in [0.1, 0.15) is 288 Å². The molecule has 12 aliphatic rings. The van der Waals surface area contributed by atoms with E-state index in [0.29, 0.717) is 35.5 Å². The molecule has 0 saturated carbocycles. The van der Waals surface area contributed by atoms with Gasteiger partial charge in [0.05, 0.1) is 34.2 Å². The Balaban J connectivity index is 0.946. The van der Waals surface area contributed by atoms with E-state index in [2.05, 4.69) is 347 Å². The average Bonchev–Trinajstić information content (AvgIpc) is 1.04. The lowest BCUT2D eigenvalue weighted by Gasteiger charge is -2.54. The van der Waals surface area contributed by atoms with Crippen LogP contribution >= 0.6 is 0 Å². The van der Waals surface area contributed by atoms with E-state index in [0.717, 1.165) is 83.5 Å². The highest BCUT2D eigenvalue weighted by Crippen LogP contribution is 2.59. The smallest absolute Gasteiger partial charge is 0.252 e. The third-order valence-corrected chi connectivity index (χ3v) is 32.7. The summed E-state index contributed by atoms with van der Waals surface area (Å²) in [5.74, 6) is 2.58. The van der Waals surface area contributed by atoms with E-state index in [1.807, 2.05) is 0 Å². The molecule has 8 bridgehead atoms. The molecule has 6 aliphatic carbocycles. The SMILES string of the molecule is CC(C)(C)C1=CCC(C2=CCCC3C4=CCC(CC4)C(C)(C)c4cc(C(C)(C)C)cc5c6cc(C(C)(C)C)ccc6n(c45)-c4ccc5c(c4)N(c4cc6cc7c4B5c4ccc(-n5c8ccc(C(C)(C)C)cc8c8cc(C(C)(C)C)ccc85)cc4N7C4C(=CCCC4C4=CCC(C(C)(C)C)CC4)C4CC=C(CC4)C(C)(C)c4ccccc4-6)C23)CC1. The summed E-state index contributed by atoms with van der Waals surface area (Å²) in [6, 6.07) is 59.8. The van der Waals surface area contributed by atoms with Gasteiger partial charge < -0.3 is 18.9 Å². The van der Waals surface area contributed by atoms with E-state index in [1.54, 1.807) is 33.4 Å². The van der Waals surface area contributed by atoms with Gasteiger partial charge in [-0.1, -0.05) is 272 Å². The second-order valence-electron chi connectivity index (χ2n) is 46.4. The van der Waals surface area contributed by atoms with Gasteiger partial charge in [0.1, 0.15) is 0 Å². The van der Waals surface area contributed by atoms with Crippen molar-refractivity contribution in [2.24, 2.45) is 46.3 Å². The number of rotatable bonds is 3. The Kier molecular flexibility index (Phi) is 18.2. The van der Waals surface area contributed by atoms with E-state index in [-0.39, 0.29) is 62.1 Å². The predicted octanol–water partition coefficient (Wildman–Crippen LogP) is 29.1. The molecule has 8 heterocycles. The molecule has 8 unspecified atom stereocenters. The van der Waals surface area contributed by atoms with E-state index < -0.39 is 0 Å². The first-order chi connectivity index (χ1) is 56.3. The Labute approximate surface area is 715 Å². The van der Waals surface area contributed by atoms with Crippen LogP contribution in [-0.4, -0.2) is 27.9 Å². The molecule has 614 valence electrons. The summed E-state index contributed by atoms with van der Waals surface area (Å²) in [7, 11) is 0. The van der Waals surface area contributed by atoms with Crippen molar-refractivity contribution in [2.75, 3.05) is 9.80 Å². The zero-order chi connectivity index (χ0) is 83.2. The minimum absolute atomic E-state index is 0.0251. The van der Waals surface area contributed by atoms with Gasteiger partial charge in [-0.15, -0.1) is 0 Å². The van der Waals surface area contributed by atoms with Crippen molar-refractivity contribution < 1.29 is 0 Å². The van der Waals surface area contributed by atoms with E-state index in [9.17, 15) is 0 Å². The van der Waals surface area contributed by atoms with Crippen LogP contribution in [0.2, 0.25) is 0 Å². The van der Waals surface area contributed by atoms with Gasteiger partial charge >= 0.3 is 0 Å². The first kappa shape index (κ1) is 79.0. The first-order valence-electron chi connectivity index (χ1n) is 46.8.